The fourth-order valence-electron chi connectivity index (χ4n) is 3.31. The van der Waals surface area contributed by atoms with Gasteiger partial charge in [-0.3, -0.25) is 4.79 Å². The Kier molecular flexibility index (Phi) is 5.28. The summed E-state index contributed by atoms with van der Waals surface area (Å²) in [7, 11) is -2.13. The predicted octanol–water partition coefficient (Wildman–Crippen LogP) is 5.60. The molecule has 0 radical (unpaired) electrons. The summed E-state index contributed by atoms with van der Waals surface area (Å²) in [6, 6.07) is 14.3. The first-order chi connectivity index (χ1) is 12.6. The van der Waals surface area contributed by atoms with Crippen molar-refractivity contribution in [2.45, 2.75) is 57.6 Å². The molecule has 0 saturated carbocycles. The third-order valence-electron chi connectivity index (χ3n) is 5.93. The van der Waals surface area contributed by atoms with Crippen LogP contribution in [0.3, 0.4) is 0 Å². The lowest BCUT2D eigenvalue weighted by molar-refractivity contribution is -0.132. The van der Waals surface area contributed by atoms with Crippen LogP contribution in [0.25, 0.3) is 0 Å². The summed E-state index contributed by atoms with van der Waals surface area (Å²) in [4.78, 5) is 13.9. The van der Waals surface area contributed by atoms with Gasteiger partial charge in [-0.15, -0.1) is 0 Å². The molecule has 3 nitrogen and oxygen atoms in total. The average molecular weight is 386 g/mol. The molecule has 1 heterocycles. The monoisotopic (exact) mass is 385 g/mol. The Balaban J connectivity index is 2.08. The molecular formula is C22H28FNO2Si. The van der Waals surface area contributed by atoms with Crippen molar-refractivity contribution in [3.8, 4) is 0 Å². The van der Waals surface area contributed by atoms with E-state index in [4.69, 9.17) is 4.43 Å². The topological polar surface area (TPSA) is 29.5 Å². The van der Waals surface area contributed by atoms with Crippen molar-refractivity contribution in [1.29, 1.82) is 0 Å². The maximum atomic E-state index is 13.8. The first-order valence-electron chi connectivity index (χ1n) is 9.38. The zero-order valence-electron chi connectivity index (χ0n) is 16.7. The minimum atomic E-state index is -2.13. The average Bonchev–Trinajstić information content (AvgIpc) is 2.60. The minimum Gasteiger partial charge on any atom is -0.393 e. The number of fused-ring (bicyclic) bond motifs is 1. The highest BCUT2D eigenvalue weighted by atomic mass is 28.4. The van der Waals surface area contributed by atoms with Gasteiger partial charge in [0.15, 0.2) is 8.32 Å². The zero-order valence-corrected chi connectivity index (χ0v) is 17.7. The highest BCUT2D eigenvalue weighted by Crippen LogP contribution is 2.45. The second-order valence-electron chi connectivity index (χ2n) is 8.76. The van der Waals surface area contributed by atoms with Crippen LogP contribution in [0.2, 0.25) is 18.1 Å². The molecule has 27 heavy (non-hydrogen) atoms. The number of halogens is 1. The van der Waals surface area contributed by atoms with Gasteiger partial charge in [0.1, 0.15) is 12.0 Å². The molecule has 0 N–H and O–H groups in total. The molecule has 2 unspecified atom stereocenters. The van der Waals surface area contributed by atoms with E-state index in [2.05, 4.69) is 39.9 Å². The number of carbonyl (C=O) groups excluding carboxylic acids is 1. The molecule has 3 rings (SSSR count). The maximum Gasteiger partial charge on any atom is 0.212 e. The van der Waals surface area contributed by atoms with Crippen LogP contribution in [0.4, 0.5) is 4.39 Å². The van der Waals surface area contributed by atoms with E-state index in [1.165, 1.54) is 12.1 Å². The van der Waals surface area contributed by atoms with E-state index in [-0.39, 0.29) is 16.9 Å². The highest BCUT2D eigenvalue weighted by molar-refractivity contribution is 6.74. The van der Waals surface area contributed by atoms with Gasteiger partial charge in [-0.05, 0) is 47.8 Å². The second kappa shape index (κ2) is 7.21. The van der Waals surface area contributed by atoms with Crippen LogP contribution in [0.5, 0.6) is 0 Å². The van der Waals surface area contributed by atoms with Gasteiger partial charge in [-0.1, -0.05) is 57.2 Å². The van der Waals surface area contributed by atoms with Gasteiger partial charge in [-0.25, -0.2) is 4.39 Å². The zero-order chi connectivity index (χ0) is 19.8. The molecule has 0 spiro atoms. The van der Waals surface area contributed by atoms with E-state index >= 15 is 0 Å². The Labute approximate surface area is 162 Å². The standard InChI is InChI=1S/C22H28FNO2Si/c1-22(2,3)27(4,5)26-21-19-12-7-6-9-16(19)14-20(24(21)15-25)17-10-8-11-18(23)13-17/h6-13,15,20-21H,14H2,1-5H3. The molecule has 2 aromatic rings. The van der Waals surface area contributed by atoms with E-state index in [1.807, 2.05) is 24.3 Å². The summed E-state index contributed by atoms with van der Waals surface area (Å²) in [5.74, 6) is -0.293. The molecule has 0 bridgehead atoms. The quantitative estimate of drug-likeness (QED) is 0.506. The lowest BCUT2D eigenvalue weighted by Gasteiger charge is -2.46. The summed E-state index contributed by atoms with van der Waals surface area (Å²) < 4.78 is 20.5. The lowest BCUT2D eigenvalue weighted by atomic mass is 9.89. The summed E-state index contributed by atoms with van der Waals surface area (Å²) in [6.07, 6.45) is 1.04. The molecule has 1 aliphatic heterocycles. The molecular weight excluding hydrogens is 357 g/mol. The molecule has 2 atom stereocenters. The van der Waals surface area contributed by atoms with Crippen LogP contribution in [0, 0.1) is 5.82 Å². The van der Waals surface area contributed by atoms with Gasteiger partial charge < -0.3 is 9.33 Å². The molecule has 0 aromatic heterocycles. The van der Waals surface area contributed by atoms with Crippen molar-refractivity contribution in [3.05, 3.63) is 71.0 Å². The van der Waals surface area contributed by atoms with E-state index in [1.54, 1.807) is 11.0 Å². The maximum absolute atomic E-state index is 13.8. The van der Waals surface area contributed by atoms with Crippen LogP contribution in [-0.2, 0) is 15.6 Å². The number of hydrogen-bond donors (Lipinski definition) is 0. The number of amides is 1. The Bertz CT molecular complexity index is 831. The van der Waals surface area contributed by atoms with Gasteiger partial charge in [0.25, 0.3) is 0 Å². The first-order valence-corrected chi connectivity index (χ1v) is 12.3. The fourth-order valence-corrected chi connectivity index (χ4v) is 4.47. The molecule has 0 aliphatic carbocycles. The van der Waals surface area contributed by atoms with Crippen LogP contribution in [0.15, 0.2) is 48.5 Å². The molecule has 0 saturated heterocycles. The van der Waals surface area contributed by atoms with E-state index in [0.717, 1.165) is 23.1 Å². The normalized spacial score (nSPS) is 20.3. The van der Waals surface area contributed by atoms with Crippen molar-refractivity contribution < 1.29 is 13.6 Å². The number of carbonyl (C=O) groups is 1. The van der Waals surface area contributed by atoms with Crippen LogP contribution in [0.1, 0.15) is 49.7 Å². The highest BCUT2D eigenvalue weighted by Gasteiger charge is 2.44. The smallest absolute Gasteiger partial charge is 0.212 e. The second-order valence-corrected chi connectivity index (χ2v) is 13.5. The van der Waals surface area contributed by atoms with E-state index < -0.39 is 14.5 Å². The Morgan fingerprint density at radius 1 is 1.15 bits per heavy atom. The van der Waals surface area contributed by atoms with Gasteiger partial charge >= 0.3 is 0 Å². The predicted molar refractivity (Wildman–Crippen MR) is 108 cm³/mol. The lowest BCUT2D eigenvalue weighted by Crippen LogP contribution is -2.48. The summed E-state index contributed by atoms with van der Waals surface area (Å²) >= 11 is 0. The van der Waals surface area contributed by atoms with Crippen LogP contribution < -0.4 is 0 Å². The molecule has 0 fully saturated rings. The number of benzene rings is 2. The molecule has 144 valence electrons. The SMILES string of the molecule is CC(C)(C)[Si](C)(C)OC1c2ccccc2CC(c2cccc(F)c2)N1C=O. The van der Waals surface area contributed by atoms with Crippen molar-refractivity contribution >= 4 is 14.7 Å². The molecule has 2 aromatic carbocycles. The molecule has 1 amide bonds. The number of hydrogen-bond acceptors (Lipinski definition) is 2. The third kappa shape index (κ3) is 3.85. The summed E-state index contributed by atoms with van der Waals surface area (Å²) in [5.41, 5.74) is 2.97. The summed E-state index contributed by atoms with van der Waals surface area (Å²) in [6.45, 7) is 10.9. The van der Waals surface area contributed by atoms with Gasteiger partial charge in [0.05, 0.1) is 6.04 Å². The molecule has 1 aliphatic rings. The van der Waals surface area contributed by atoms with Crippen molar-refractivity contribution in [2.75, 3.05) is 0 Å². The Morgan fingerprint density at radius 3 is 2.48 bits per heavy atom. The van der Waals surface area contributed by atoms with E-state index in [0.29, 0.717) is 6.42 Å². The minimum absolute atomic E-state index is 0.0162. The third-order valence-corrected chi connectivity index (χ3v) is 10.4. The van der Waals surface area contributed by atoms with Gasteiger partial charge in [0.2, 0.25) is 6.41 Å². The van der Waals surface area contributed by atoms with Crippen molar-refractivity contribution in [1.82, 2.24) is 4.90 Å². The van der Waals surface area contributed by atoms with Crippen molar-refractivity contribution in [3.63, 3.8) is 0 Å². The van der Waals surface area contributed by atoms with Crippen molar-refractivity contribution in [2.24, 2.45) is 0 Å². The fraction of sp³-hybridized carbons (Fsp3) is 0.409. The van der Waals surface area contributed by atoms with Crippen LogP contribution in [-0.4, -0.2) is 19.6 Å². The van der Waals surface area contributed by atoms with Gasteiger partial charge in [-0.2, -0.15) is 0 Å². The van der Waals surface area contributed by atoms with E-state index in [9.17, 15) is 9.18 Å². The number of rotatable bonds is 4. The first kappa shape index (κ1) is 19.8. The summed E-state index contributed by atoms with van der Waals surface area (Å²) in [5, 5.41) is 0.0162. The molecule has 5 heteroatoms. The van der Waals surface area contributed by atoms with Gasteiger partial charge in [0, 0.05) is 5.56 Å². The number of nitrogens with zero attached hydrogens (tertiary/aromatic N) is 1. The Morgan fingerprint density at radius 2 is 1.85 bits per heavy atom. The Hall–Kier alpha value is -1.98. The largest absolute Gasteiger partial charge is 0.393 e. The van der Waals surface area contributed by atoms with Crippen LogP contribution >= 0.6 is 0 Å².